The molecule has 24 heavy (non-hydrogen) atoms. The molecule has 1 fully saturated rings. The maximum absolute atomic E-state index is 13.1. The molecule has 5 heteroatoms. The molecule has 0 aliphatic carbocycles. The number of hydrogen-bond donors (Lipinski definition) is 0. The quantitative estimate of drug-likeness (QED) is 0.770. The summed E-state index contributed by atoms with van der Waals surface area (Å²) >= 11 is 3.40. The number of nitrogens with zero attached hydrogens (tertiary/aromatic N) is 2. The van der Waals surface area contributed by atoms with E-state index in [1.54, 1.807) is 19.5 Å². The lowest BCUT2D eigenvalue weighted by Gasteiger charge is -2.30. The van der Waals surface area contributed by atoms with Crippen molar-refractivity contribution in [1.29, 1.82) is 0 Å². The summed E-state index contributed by atoms with van der Waals surface area (Å²) in [5.41, 5.74) is 1.79. The van der Waals surface area contributed by atoms with Crippen LogP contribution in [0.25, 0.3) is 0 Å². The van der Waals surface area contributed by atoms with Crippen molar-refractivity contribution in [2.45, 2.75) is 31.7 Å². The van der Waals surface area contributed by atoms with Gasteiger partial charge in [0, 0.05) is 23.4 Å². The summed E-state index contributed by atoms with van der Waals surface area (Å²) in [4.78, 5) is 19.2. The number of rotatable bonds is 3. The SMILES string of the molecule is COc1ccc([C@H]2CCCCCN2C(=O)c2cncc(Br)c2)cc1. The third kappa shape index (κ3) is 3.78. The van der Waals surface area contributed by atoms with Crippen LogP contribution in [-0.4, -0.2) is 29.4 Å². The Balaban J connectivity index is 1.90. The largest absolute Gasteiger partial charge is 0.497 e. The number of likely N-dealkylation sites (tertiary alicyclic amines) is 1. The summed E-state index contributed by atoms with van der Waals surface area (Å²) in [6.07, 6.45) is 7.66. The van der Waals surface area contributed by atoms with E-state index in [4.69, 9.17) is 4.74 Å². The van der Waals surface area contributed by atoms with Gasteiger partial charge >= 0.3 is 0 Å². The highest BCUT2D eigenvalue weighted by Gasteiger charge is 2.27. The second kappa shape index (κ2) is 7.79. The van der Waals surface area contributed by atoms with Gasteiger partial charge in [-0.1, -0.05) is 25.0 Å². The van der Waals surface area contributed by atoms with Crippen LogP contribution in [0.15, 0.2) is 47.2 Å². The molecule has 126 valence electrons. The number of benzene rings is 1. The fraction of sp³-hybridized carbons (Fsp3) is 0.368. The van der Waals surface area contributed by atoms with Gasteiger partial charge < -0.3 is 9.64 Å². The Bertz CT molecular complexity index is 703. The van der Waals surface area contributed by atoms with Gasteiger partial charge in [0.1, 0.15) is 5.75 Å². The highest BCUT2D eigenvalue weighted by molar-refractivity contribution is 9.10. The van der Waals surface area contributed by atoms with Crippen molar-refractivity contribution in [3.63, 3.8) is 0 Å². The number of carbonyl (C=O) groups is 1. The maximum Gasteiger partial charge on any atom is 0.255 e. The summed E-state index contributed by atoms with van der Waals surface area (Å²) in [6.45, 7) is 0.780. The van der Waals surface area contributed by atoms with Gasteiger partial charge in [0.2, 0.25) is 0 Å². The summed E-state index contributed by atoms with van der Waals surface area (Å²) in [5, 5.41) is 0. The smallest absolute Gasteiger partial charge is 0.255 e. The maximum atomic E-state index is 13.1. The third-order valence-electron chi connectivity index (χ3n) is 4.47. The molecule has 0 spiro atoms. The molecule has 2 heterocycles. The zero-order valence-corrected chi connectivity index (χ0v) is 15.3. The van der Waals surface area contributed by atoms with Crippen molar-refractivity contribution < 1.29 is 9.53 Å². The van der Waals surface area contributed by atoms with Crippen LogP contribution in [0.3, 0.4) is 0 Å². The lowest BCUT2D eigenvalue weighted by atomic mass is 10.00. The van der Waals surface area contributed by atoms with E-state index in [9.17, 15) is 4.79 Å². The zero-order valence-electron chi connectivity index (χ0n) is 13.7. The molecule has 1 aliphatic rings. The van der Waals surface area contributed by atoms with Crippen LogP contribution < -0.4 is 4.74 Å². The predicted octanol–water partition coefficient (Wildman–Crippen LogP) is 4.61. The number of pyridine rings is 1. The number of ether oxygens (including phenoxy) is 1. The standard InChI is InChI=1S/C19H21BrN2O2/c1-24-17-8-6-14(7-9-17)18-5-3-2-4-10-22(18)19(23)15-11-16(20)13-21-12-15/h6-9,11-13,18H,2-5,10H2,1H3/t18-/m1/s1. The highest BCUT2D eigenvalue weighted by Crippen LogP contribution is 2.32. The van der Waals surface area contributed by atoms with Gasteiger partial charge in [0.05, 0.1) is 18.7 Å². The predicted molar refractivity (Wildman–Crippen MR) is 97.2 cm³/mol. The minimum Gasteiger partial charge on any atom is -0.497 e. The van der Waals surface area contributed by atoms with E-state index in [0.29, 0.717) is 5.56 Å². The summed E-state index contributed by atoms with van der Waals surface area (Å²) in [5.74, 6) is 0.882. The van der Waals surface area contributed by atoms with E-state index in [-0.39, 0.29) is 11.9 Å². The Morgan fingerprint density at radius 2 is 2.00 bits per heavy atom. The molecule has 1 amide bonds. The van der Waals surface area contributed by atoms with Gasteiger partial charge in [0.25, 0.3) is 5.91 Å². The first-order valence-electron chi connectivity index (χ1n) is 8.24. The Labute approximate surface area is 151 Å². The molecule has 0 saturated carbocycles. The Morgan fingerprint density at radius 1 is 1.21 bits per heavy atom. The van der Waals surface area contributed by atoms with E-state index in [1.807, 2.05) is 23.1 Å². The average Bonchev–Trinajstić information content (AvgIpc) is 2.87. The van der Waals surface area contributed by atoms with Crippen molar-refractivity contribution in [1.82, 2.24) is 9.88 Å². The monoisotopic (exact) mass is 388 g/mol. The number of hydrogen-bond acceptors (Lipinski definition) is 3. The summed E-state index contributed by atoms with van der Waals surface area (Å²) in [6, 6.07) is 9.99. The van der Waals surface area contributed by atoms with Crippen LogP contribution in [-0.2, 0) is 0 Å². The second-order valence-electron chi connectivity index (χ2n) is 6.03. The molecule has 1 aliphatic heterocycles. The van der Waals surface area contributed by atoms with E-state index < -0.39 is 0 Å². The van der Waals surface area contributed by atoms with Crippen LogP contribution in [0.2, 0.25) is 0 Å². The molecule has 0 N–H and O–H groups in total. The first-order valence-corrected chi connectivity index (χ1v) is 9.04. The lowest BCUT2D eigenvalue weighted by molar-refractivity contribution is 0.0680. The lowest BCUT2D eigenvalue weighted by Crippen LogP contribution is -2.34. The van der Waals surface area contributed by atoms with Crippen molar-refractivity contribution >= 4 is 21.8 Å². The Kier molecular flexibility index (Phi) is 5.51. The molecule has 3 rings (SSSR count). The van der Waals surface area contributed by atoms with E-state index in [0.717, 1.165) is 48.0 Å². The molecule has 0 bridgehead atoms. The molecule has 2 aromatic rings. The van der Waals surface area contributed by atoms with Crippen LogP contribution in [0.1, 0.15) is 47.6 Å². The van der Waals surface area contributed by atoms with E-state index in [1.165, 1.54) is 0 Å². The second-order valence-corrected chi connectivity index (χ2v) is 6.94. The van der Waals surface area contributed by atoms with Crippen LogP contribution in [0.5, 0.6) is 5.75 Å². The Hall–Kier alpha value is -1.88. The molecule has 0 unspecified atom stereocenters. The molecule has 0 radical (unpaired) electrons. The molecular formula is C19H21BrN2O2. The number of amides is 1. The van der Waals surface area contributed by atoms with Gasteiger partial charge in [-0.2, -0.15) is 0 Å². The van der Waals surface area contributed by atoms with E-state index >= 15 is 0 Å². The van der Waals surface area contributed by atoms with Gasteiger partial charge in [0.15, 0.2) is 0 Å². The van der Waals surface area contributed by atoms with Crippen molar-refractivity contribution in [2.24, 2.45) is 0 Å². The van der Waals surface area contributed by atoms with Crippen LogP contribution in [0, 0.1) is 0 Å². The van der Waals surface area contributed by atoms with Gasteiger partial charge in [-0.25, -0.2) is 0 Å². The van der Waals surface area contributed by atoms with Crippen molar-refractivity contribution in [3.05, 3.63) is 58.3 Å². The average molecular weight is 389 g/mol. The zero-order chi connectivity index (χ0) is 16.9. The first-order chi connectivity index (χ1) is 11.7. The Morgan fingerprint density at radius 3 is 2.71 bits per heavy atom. The number of methoxy groups -OCH3 is 1. The summed E-state index contributed by atoms with van der Waals surface area (Å²) < 4.78 is 6.07. The van der Waals surface area contributed by atoms with Gasteiger partial charge in [-0.15, -0.1) is 0 Å². The normalized spacial score (nSPS) is 18.1. The fourth-order valence-corrected chi connectivity index (χ4v) is 3.58. The van der Waals surface area contributed by atoms with Crippen molar-refractivity contribution in [3.8, 4) is 5.75 Å². The minimum atomic E-state index is 0.0477. The molecule has 4 nitrogen and oxygen atoms in total. The van der Waals surface area contributed by atoms with Crippen molar-refractivity contribution in [2.75, 3.05) is 13.7 Å². The molecule has 1 atom stereocenters. The highest BCUT2D eigenvalue weighted by atomic mass is 79.9. The first kappa shape index (κ1) is 17.0. The molecular weight excluding hydrogens is 368 g/mol. The number of halogens is 1. The van der Waals surface area contributed by atoms with Crippen LogP contribution in [0.4, 0.5) is 0 Å². The minimum absolute atomic E-state index is 0.0477. The molecule has 1 saturated heterocycles. The molecule has 1 aromatic carbocycles. The topological polar surface area (TPSA) is 42.4 Å². The van der Waals surface area contributed by atoms with E-state index in [2.05, 4.69) is 33.0 Å². The third-order valence-corrected chi connectivity index (χ3v) is 4.90. The number of carbonyl (C=O) groups excluding carboxylic acids is 1. The number of aromatic nitrogens is 1. The summed E-state index contributed by atoms with van der Waals surface area (Å²) in [7, 11) is 1.66. The van der Waals surface area contributed by atoms with Gasteiger partial charge in [-0.3, -0.25) is 9.78 Å². The van der Waals surface area contributed by atoms with Gasteiger partial charge in [-0.05, 0) is 52.5 Å². The molecule has 1 aromatic heterocycles. The van der Waals surface area contributed by atoms with Crippen LogP contribution >= 0.6 is 15.9 Å². The fourth-order valence-electron chi connectivity index (χ4n) is 3.22.